The van der Waals surface area contributed by atoms with Crippen LogP contribution in [0.25, 0.3) is 0 Å². The fourth-order valence-electron chi connectivity index (χ4n) is 2.99. The third-order valence-electron chi connectivity index (χ3n) is 4.21. The molecule has 1 fully saturated rings. The maximum atomic E-state index is 12.2. The first-order valence-corrected chi connectivity index (χ1v) is 10.00. The van der Waals surface area contributed by atoms with Crippen LogP contribution in [0.2, 0.25) is 0 Å². The summed E-state index contributed by atoms with van der Waals surface area (Å²) < 4.78 is 24.3. The van der Waals surface area contributed by atoms with Crippen molar-refractivity contribution in [1.82, 2.24) is 0 Å². The quantitative estimate of drug-likeness (QED) is 0.809. The summed E-state index contributed by atoms with van der Waals surface area (Å²) in [6, 6.07) is 9.80. The highest BCUT2D eigenvalue weighted by Gasteiger charge is 2.23. The number of benzene rings is 1. The molecular weight excluding hydrogens is 350 g/mol. The van der Waals surface area contributed by atoms with Crippen LogP contribution in [-0.4, -0.2) is 27.8 Å². The van der Waals surface area contributed by atoms with Gasteiger partial charge in [0.2, 0.25) is 0 Å². The number of rotatable bonds is 4. The van der Waals surface area contributed by atoms with Crippen molar-refractivity contribution in [1.29, 1.82) is 15.8 Å². The second-order valence-electron chi connectivity index (χ2n) is 6.36. The smallest absolute Gasteiger partial charge is 0.177 e. The lowest BCUT2D eigenvalue weighted by Gasteiger charge is -2.34. The van der Waals surface area contributed by atoms with Crippen LogP contribution in [0.5, 0.6) is 0 Å². The third kappa shape index (κ3) is 4.33. The molecule has 1 atom stereocenters. The Hall–Kier alpha value is -3.02. The first-order valence-electron chi connectivity index (χ1n) is 8.10. The molecule has 0 aliphatic carbocycles. The summed E-state index contributed by atoms with van der Waals surface area (Å²) in [5.74, 6) is 0.450. The number of nitrogens with zero attached hydrogens (tertiary/aromatic N) is 4. The zero-order valence-electron chi connectivity index (χ0n) is 14.7. The lowest BCUT2D eigenvalue weighted by molar-refractivity contribution is 0.445. The van der Waals surface area contributed by atoms with Crippen molar-refractivity contribution >= 4 is 21.2 Å². The normalized spacial score (nSPS) is 16.7. The van der Waals surface area contributed by atoms with Gasteiger partial charge >= 0.3 is 0 Å². The number of piperidine rings is 1. The van der Waals surface area contributed by atoms with E-state index in [0.29, 0.717) is 17.3 Å². The van der Waals surface area contributed by atoms with Gasteiger partial charge in [-0.25, -0.2) is 8.42 Å². The van der Waals surface area contributed by atoms with E-state index in [1.54, 1.807) is 24.3 Å². The van der Waals surface area contributed by atoms with E-state index in [1.165, 1.54) is 12.1 Å². The molecule has 7 nitrogen and oxygen atoms in total. The molecule has 1 saturated heterocycles. The first kappa shape index (κ1) is 19.3. The van der Waals surface area contributed by atoms with Gasteiger partial charge in [-0.2, -0.15) is 15.8 Å². The molecule has 0 saturated carbocycles. The fourth-order valence-corrected chi connectivity index (χ4v) is 3.87. The van der Waals surface area contributed by atoms with Crippen molar-refractivity contribution in [3.8, 4) is 18.2 Å². The van der Waals surface area contributed by atoms with Gasteiger partial charge in [-0.1, -0.05) is 6.92 Å². The van der Waals surface area contributed by atoms with Crippen LogP contribution in [0.4, 0.5) is 11.4 Å². The van der Waals surface area contributed by atoms with Gasteiger partial charge in [0.15, 0.2) is 15.4 Å². The molecule has 1 aromatic carbocycles. The summed E-state index contributed by atoms with van der Waals surface area (Å²) in [4.78, 5) is 2.25. The maximum absolute atomic E-state index is 12.2. The van der Waals surface area contributed by atoms with E-state index in [0.717, 1.165) is 32.2 Å². The summed E-state index contributed by atoms with van der Waals surface area (Å²) in [7, 11) is -3.43. The molecule has 0 amide bonds. The Kier molecular flexibility index (Phi) is 5.87. The van der Waals surface area contributed by atoms with Gasteiger partial charge in [0.25, 0.3) is 0 Å². The predicted molar refractivity (Wildman–Crippen MR) is 97.7 cm³/mol. The van der Waals surface area contributed by atoms with Crippen molar-refractivity contribution in [3.63, 3.8) is 0 Å². The topological polar surface area (TPSA) is 121 Å². The number of nitriles is 3. The molecule has 134 valence electrons. The Morgan fingerprint density at radius 3 is 2.46 bits per heavy atom. The second kappa shape index (κ2) is 7.91. The van der Waals surface area contributed by atoms with Crippen molar-refractivity contribution in [2.75, 3.05) is 29.6 Å². The molecule has 1 aromatic rings. The molecule has 2 rings (SSSR count). The van der Waals surface area contributed by atoms with Gasteiger partial charge in [0.1, 0.15) is 23.9 Å². The Balaban J connectivity index is 2.51. The minimum Gasteiger partial charge on any atom is -0.370 e. The lowest BCUT2D eigenvalue weighted by Crippen LogP contribution is -2.35. The molecular formula is C18H19N5O2S. The molecule has 1 aliphatic rings. The van der Waals surface area contributed by atoms with Crippen LogP contribution in [0.1, 0.15) is 19.8 Å². The zero-order chi connectivity index (χ0) is 19.3. The average Bonchev–Trinajstić information content (AvgIpc) is 2.60. The third-order valence-corrected chi connectivity index (χ3v) is 5.36. The predicted octanol–water partition coefficient (Wildman–Crippen LogP) is 2.56. The number of hydrogen-bond donors (Lipinski definition) is 1. The number of allylic oxidation sites excluding steroid dienone is 2. The van der Waals surface area contributed by atoms with E-state index in [2.05, 4.69) is 12.2 Å². The molecule has 0 bridgehead atoms. The average molecular weight is 369 g/mol. The minimum absolute atomic E-state index is 0.167. The fraction of sp³-hybridized carbons (Fsp3) is 0.389. The molecule has 0 spiro atoms. The van der Waals surface area contributed by atoms with Gasteiger partial charge in [-0.15, -0.1) is 0 Å². The SMILES string of the molecule is CC1CCCN(c2cc(NC(C#N)=C(C#N)C#N)ccc2S(C)(=O)=O)C1. The summed E-state index contributed by atoms with van der Waals surface area (Å²) in [5.41, 5.74) is 0.523. The van der Waals surface area contributed by atoms with Crippen molar-refractivity contribution < 1.29 is 8.42 Å². The van der Waals surface area contributed by atoms with Crippen LogP contribution in [0.3, 0.4) is 0 Å². The summed E-state index contributed by atoms with van der Waals surface area (Å²) in [5, 5.41) is 29.8. The van der Waals surface area contributed by atoms with Crippen LogP contribution < -0.4 is 10.2 Å². The number of nitrogens with one attached hydrogen (secondary N) is 1. The highest BCUT2D eigenvalue weighted by atomic mass is 32.2. The van der Waals surface area contributed by atoms with E-state index in [1.807, 2.05) is 4.90 Å². The Morgan fingerprint density at radius 1 is 1.23 bits per heavy atom. The maximum Gasteiger partial charge on any atom is 0.177 e. The van der Waals surface area contributed by atoms with Crippen LogP contribution in [0, 0.1) is 39.9 Å². The number of sulfone groups is 1. The molecule has 8 heteroatoms. The lowest BCUT2D eigenvalue weighted by atomic mass is 9.99. The first-order chi connectivity index (χ1) is 12.3. The molecule has 1 aliphatic heterocycles. The second-order valence-corrected chi connectivity index (χ2v) is 8.34. The molecule has 1 unspecified atom stereocenters. The van der Waals surface area contributed by atoms with Crippen LogP contribution >= 0.6 is 0 Å². The van der Waals surface area contributed by atoms with Gasteiger partial charge in [0.05, 0.1) is 10.6 Å². The van der Waals surface area contributed by atoms with E-state index in [9.17, 15) is 13.7 Å². The van der Waals surface area contributed by atoms with E-state index >= 15 is 0 Å². The zero-order valence-corrected chi connectivity index (χ0v) is 15.5. The highest BCUT2D eigenvalue weighted by molar-refractivity contribution is 7.90. The van der Waals surface area contributed by atoms with Gasteiger partial charge in [-0.05, 0) is 37.0 Å². The van der Waals surface area contributed by atoms with Crippen LogP contribution in [0.15, 0.2) is 34.4 Å². The summed E-state index contributed by atoms with van der Waals surface area (Å²) in [6.45, 7) is 3.62. The van der Waals surface area contributed by atoms with E-state index in [-0.39, 0.29) is 16.2 Å². The van der Waals surface area contributed by atoms with E-state index < -0.39 is 9.84 Å². The molecule has 0 radical (unpaired) electrons. The highest BCUT2D eigenvalue weighted by Crippen LogP contribution is 2.32. The summed E-state index contributed by atoms with van der Waals surface area (Å²) in [6.07, 6.45) is 3.23. The van der Waals surface area contributed by atoms with Crippen molar-refractivity contribution in [2.45, 2.75) is 24.7 Å². The van der Waals surface area contributed by atoms with Gasteiger partial charge in [0, 0.05) is 25.0 Å². The number of hydrogen-bond acceptors (Lipinski definition) is 7. The monoisotopic (exact) mass is 369 g/mol. The van der Waals surface area contributed by atoms with Crippen molar-refractivity contribution in [2.24, 2.45) is 5.92 Å². The Labute approximate surface area is 153 Å². The molecule has 26 heavy (non-hydrogen) atoms. The molecule has 0 aromatic heterocycles. The molecule has 1 heterocycles. The van der Waals surface area contributed by atoms with E-state index in [4.69, 9.17) is 10.5 Å². The van der Waals surface area contributed by atoms with Crippen LogP contribution in [-0.2, 0) is 9.84 Å². The largest absolute Gasteiger partial charge is 0.370 e. The summed E-state index contributed by atoms with van der Waals surface area (Å²) >= 11 is 0. The number of anilines is 2. The molecule has 1 N–H and O–H groups in total. The Bertz CT molecular complexity index is 945. The van der Waals surface area contributed by atoms with Gasteiger partial charge < -0.3 is 10.2 Å². The standard InChI is InChI=1S/C18H19N5O2S/c1-13-4-3-7-23(12-13)17-8-15(5-6-18(17)26(2,24)25)22-16(11-21)14(9-19)10-20/h5-6,8,13,22H,3-4,7,12H2,1-2H3. The Morgan fingerprint density at radius 2 is 1.92 bits per heavy atom. The van der Waals surface area contributed by atoms with Crippen molar-refractivity contribution in [3.05, 3.63) is 29.5 Å². The minimum atomic E-state index is -3.43. The van der Waals surface area contributed by atoms with Gasteiger partial charge in [-0.3, -0.25) is 0 Å².